The lowest BCUT2D eigenvalue weighted by Gasteiger charge is -2.18. The summed E-state index contributed by atoms with van der Waals surface area (Å²) in [5, 5.41) is 0. The number of hydrogen-bond donors (Lipinski definition) is 1. The number of pyridine rings is 1. The molecule has 1 heterocycles. The number of amides is 1. The van der Waals surface area contributed by atoms with Crippen molar-refractivity contribution in [2.45, 2.75) is 6.54 Å². The largest absolute Gasteiger partial charge is 0.383 e. The Morgan fingerprint density at radius 3 is 2.85 bits per heavy atom. The third kappa shape index (κ3) is 3.14. The van der Waals surface area contributed by atoms with Gasteiger partial charge in [-0.2, -0.15) is 0 Å². The summed E-state index contributed by atoms with van der Waals surface area (Å²) in [6, 6.07) is 8.67. The van der Waals surface area contributed by atoms with Crippen molar-refractivity contribution in [2.75, 3.05) is 12.8 Å². The Kier molecular flexibility index (Phi) is 4.34. The molecule has 0 fully saturated rings. The third-order valence-electron chi connectivity index (χ3n) is 2.83. The minimum atomic E-state index is -0.586. The predicted molar refractivity (Wildman–Crippen MR) is 78.5 cm³/mol. The van der Waals surface area contributed by atoms with Crippen LogP contribution in [0.4, 0.5) is 10.2 Å². The fraction of sp³-hybridized carbons (Fsp3) is 0.143. The van der Waals surface area contributed by atoms with E-state index >= 15 is 0 Å². The fourth-order valence-corrected chi connectivity index (χ4v) is 2.19. The van der Waals surface area contributed by atoms with E-state index in [1.54, 1.807) is 7.05 Å². The molecule has 0 saturated heterocycles. The van der Waals surface area contributed by atoms with Crippen LogP contribution in [0.2, 0.25) is 0 Å². The minimum Gasteiger partial charge on any atom is -0.383 e. The first-order chi connectivity index (χ1) is 9.49. The Hall–Kier alpha value is -1.95. The summed E-state index contributed by atoms with van der Waals surface area (Å²) in [6.07, 6.45) is 0.986. The number of hydrogen-bond acceptors (Lipinski definition) is 3. The molecule has 0 aliphatic carbocycles. The lowest BCUT2D eigenvalue weighted by atomic mass is 10.2. The molecule has 0 aliphatic rings. The van der Waals surface area contributed by atoms with Crippen molar-refractivity contribution in [2.24, 2.45) is 0 Å². The SMILES string of the molecule is CN(Cc1ccccc1Br)C(=O)c1cc(F)cnc1N. The van der Waals surface area contributed by atoms with Crippen molar-refractivity contribution in [3.8, 4) is 0 Å². The Balaban J connectivity index is 2.21. The zero-order valence-corrected chi connectivity index (χ0v) is 12.4. The van der Waals surface area contributed by atoms with E-state index < -0.39 is 5.82 Å². The number of benzene rings is 1. The van der Waals surface area contributed by atoms with Crippen LogP contribution >= 0.6 is 15.9 Å². The number of nitrogen functional groups attached to an aromatic ring is 1. The summed E-state index contributed by atoms with van der Waals surface area (Å²) >= 11 is 3.42. The molecule has 0 radical (unpaired) electrons. The minimum absolute atomic E-state index is 0.0235. The van der Waals surface area contributed by atoms with Crippen LogP contribution in [0.3, 0.4) is 0 Å². The van der Waals surface area contributed by atoms with Gasteiger partial charge in [0.25, 0.3) is 5.91 Å². The molecule has 6 heteroatoms. The quantitative estimate of drug-likeness (QED) is 0.936. The first-order valence-corrected chi connectivity index (χ1v) is 6.68. The van der Waals surface area contributed by atoms with Gasteiger partial charge in [-0.25, -0.2) is 9.37 Å². The van der Waals surface area contributed by atoms with Crippen molar-refractivity contribution in [3.63, 3.8) is 0 Å². The maximum absolute atomic E-state index is 13.2. The van der Waals surface area contributed by atoms with E-state index in [0.717, 1.165) is 22.3 Å². The molecule has 0 saturated carbocycles. The van der Waals surface area contributed by atoms with Crippen LogP contribution in [0.15, 0.2) is 41.0 Å². The number of anilines is 1. The molecule has 1 amide bonds. The van der Waals surface area contributed by atoms with E-state index in [4.69, 9.17) is 5.73 Å². The van der Waals surface area contributed by atoms with E-state index in [0.29, 0.717) is 6.54 Å². The van der Waals surface area contributed by atoms with Gasteiger partial charge in [-0.1, -0.05) is 34.1 Å². The fourth-order valence-electron chi connectivity index (χ4n) is 1.78. The van der Waals surface area contributed by atoms with Crippen molar-refractivity contribution >= 4 is 27.7 Å². The maximum Gasteiger partial charge on any atom is 0.257 e. The van der Waals surface area contributed by atoms with Gasteiger partial charge < -0.3 is 10.6 Å². The molecule has 2 rings (SSSR count). The second kappa shape index (κ2) is 6.00. The zero-order valence-electron chi connectivity index (χ0n) is 10.8. The van der Waals surface area contributed by atoms with Gasteiger partial charge in [0.2, 0.25) is 0 Å². The van der Waals surface area contributed by atoms with E-state index in [9.17, 15) is 9.18 Å². The van der Waals surface area contributed by atoms with Crippen molar-refractivity contribution in [3.05, 3.63) is 57.9 Å². The molecule has 20 heavy (non-hydrogen) atoms. The lowest BCUT2D eigenvalue weighted by molar-refractivity contribution is 0.0785. The third-order valence-corrected chi connectivity index (χ3v) is 3.60. The number of carbonyl (C=O) groups is 1. The normalized spacial score (nSPS) is 10.3. The highest BCUT2D eigenvalue weighted by atomic mass is 79.9. The molecule has 4 nitrogen and oxygen atoms in total. The summed E-state index contributed by atoms with van der Waals surface area (Å²) in [7, 11) is 1.63. The van der Waals surface area contributed by atoms with Gasteiger partial charge in [0, 0.05) is 18.1 Å². The number of nitrogens with two attached hydrogens (primary N) is 1. The first kappa shape index (κ1) is 14.5. The maximum atomic E-state index is 13.2. The van der Waals surface area contributed by atoms with Crippen molar-refractivity contribution < 1.29 is 9.18 Å². The van der Waals surface area contributed by atoms with Crippen LogP contribution in [-0.2, 0) is 6.54 Å². The van der Waals surface area contributed by atoms with E-state index in [1.165, 1.54) is 4.90 Å². The van der Waals surface area contributed by atoms with E-state index in [2.05, 4.69) is 20.9 Å². The average molecular weight is 338 g/mol. The summed E-state index contributed by atoms with van der Waals surface area (Å²) in [5.74, 6) is -0.933. The van der Waals surface area contributed by atoms with Gasteiger partial charge in [-0.3, -0.25) is 4.79 Å². The molecule has 104 valence electrons. The summed E-state index contributed by atoms with van der Waals surface area (Å²) in [6.45, 7) is 0.385. The smallest absolute Gasteiger partial charge is 0.257 e. The first-order valence-electron chi connectivity index (χ1n) is 5.89. The van der Waals surface area contributed by atoms with Gasteiger partial charge in [0.05, 0.1) is 11.8 Å². The number of nitrogens with zero attached hydrogens (tertiary/aromatic N) is 2. The van der Waals surface area contributed by atoms with Gasteiger partial charge in [-0.05, 0) is 17.7 Å². The highest BCUT2D eigenvalue weighted by molar-refractivity contribution is 9.10. The molecule has 2 aromatic rings. The molecule has 0 spiro atoms. The van der Waals surface area contributed by atoms with Gasteiger partial charge >= 0.3 is 0 Å². The average Bonchev–Trinajstić information content (AvgIpc) is 2.43. The van der Waals surface area contributed by atoms with Crippen LogP contribution in [0.1, 0.15) is 15.9 Å². The molecule has 0 unspecified atom stereocenters. The molecule has 0 aliphatic heterocycles. The molecular formula is C14H13BrFN3O. The Morgan fingerprint density at radius 1 is 1.45 bits per heavy atom. The summed E-state index contributed by atoms with van der Waals surface area (Å²) < 4.78 is 14.1. The monoisotopic (exact) mass is 337 g/mol. The molecular weight excluding hydrogens is 325 g/mol. The number of carbonyl (C=O) groups excluding carboxylic acids is 1. The molecule has 0 atom stereocenters. The highest BCUT2D eigenvalue weighted by Gasteiger charge is 2.17. The van der Waals surface area contributed by atoms with Crippen LogP contribution < -0.4 is 5.73 Å². The van der Waals surface area contributed by atoms with Crippen LogP contribution in [0.25, 0.3) is 0 Å². The number of rotatable bonds is 3. The van der Waals surface area contributed by atoms with Crippen LogP contribution in [0, 0.1) is 5.82 Å². The standard InChI is InChI=1S/C14H13BrFN3O/c1-19(8-9-4-2-3-5-12(9)15)14(20)11-6-10(16)7-18-13(11)17/h2-7H,8H2,1H3,(H2,17,18). The molecule has 1 aromatic carbocycles. The van der Waals surface area contributed by atoms with E-state index in [1.807, 2.05) is 24.3 Å². The van der Waals surface area contributed by atoms with Gasteiger partial charge in [0.15, 0.2) is 0 Å². The van der Waals surface area contributed by atoms with Crippen LogP contribution in [0.5, 0.6) is 0 Å². The summed E-state index contributed by atoms with van der Waals surface area (Å²) in [5.41, 5.74) is 6.64. The van der Waals surface area contributed by atoms with Crippen molar-refractivity contribution in [1.82, 2.24) is 9.88 Å². The second-order valence-electron chi connectivity index (χ2n) is 4.34. The lowest BCUT2D eigenvalue weighted by Crippen LogP contribution is -2.27. The predicted octanol–water partition coefficient (Wildman–Crippen LogP) is 2.84. The Morgan fingerprint density at radius 2 is 2.15 bits per heavy atom. The number of halogens is 2. The highest BCUT2D eigenvalue weighted by Crippen LogP contribution is 2.19. The van der Waals surface area contributed by atoms with Gasteiger partial charge in [0.1, 0.15) is 11.6 Å². The zero-order chi connectivity index (χ0) is 14.7. The van der Waals surface area contributed by atoms with E-state index in [-0.39, 0.29) is 17.3 Å². The topological polar surface area (TPSA) is 59.2 Å². The summed E-state index contributed by atoms with van der Waals surface area (Å²) in [4.78, 5) is 17.4. The van der Waals surface area contributed by atoms with Crippen molar-refractivity contribution in [1.29, 1.82) is 0 Å². The van der Waals surface area contributed by atoms with Crippen LogP contribution in [-0.4, -0.2) is 22.8 Å². The Bertz CT molecular complexity index is 648. The molecule has 0 bridgehead atoms. The van der Waals surface area contributed by atoms with Gasteiger partial charge in [-0.15, -0.1) is 0 Å². The Labute approximate surface area is 124 Å². The molecule has 2 N–H and O–H groups in total. The second-order valence-corrected chi connectivity index (χ2v) is 5.19. The molecule has 1 aromatic heterocycles. The number of aromatic nitrogens is 1.